The van der Waals surface area contributed by atoms with Gasteiger partial charge in [-0.2, -0.15) is 0 Å². The molecule has 0 amide bonds. The van der Waals surface area contributed by atoms with Gasteiger partial charge in [-0.3, -0.25) is 0 Å². The third-order valence-corrected chi connectivity index (χ3v) is 4.04. The molecule has 0 aliphatic heterocycles. The first-order chi connectivity index (χ1) is 7.06. The van der Waals surface area contributed by atoms with Crippen LogP contribution in [-0.2, 0) is 6.04 Å². The highest BCUT2D eigenvalue weighted by molar-refractivity contribution is 6.75. The van der Waals surface area contributed by atoms with Crippen LogP contribution in [0.3, 0.4) is 0 Å². The van der Waals surface area contributed by atoms with Gasteiger partial charge >= 0.3 is 0 Å². The van der Waals surface area contributed by atoms with Gasteiger partial charge in [0, 0.05) is 8.07 Å². The monoisotopic (exact) mass is 214 g/mol. The predicted molar refractivity (Wildman–Crippen MR) is 71.0 cm³/mol. The minimum Gasteiger partial charge on any atom is -0.0693 e. The van der Waals surface area contributed by atoms with Gasteiger partial charge in [0.05, 0.1) is 0 Å². The zero-order chi connectivity index (χ0) is 10.9. The highest BCUT2D eigenvalue weighted by Gasteiger charge is 2.14. The minimum atomic E-state index is -1.02. The zero-order valence-electron chi connectivity index (χ0n) is 9.75. The summed E-state index contributed by atoms with van der Waals surface area (Å²) in [5.41, 5.74) is 1.52. The van der Waals surface area contributed by atoms with E-state index in [1.54, 1.807) is 0 Å². The SMILES string of the molecule is C[Si](C)(C)Cc1cccc2ccccc12. The molecule has 0 N–H and O–H groups in total. The van der Waals surface area contributed by atoms with Crippen molar-refractivity contribution < 1.29 is 0 Å². The van der Waals surface area contributed by atoms with Gasteiger partial charge in [0.15, 0.2) is 0 Å². The van der Waals surface area contributed by atoms with E-state index in [0.29, 0.717) is 0 Å². The van der Waals surface area contributed by atoms with E-state index in [9.17, 15) is 0 Å². The van der Waals surface area contributed by atoms with E-state index in [1.165, 1.54) is 22.4 Å². The first kappa shape index (κ1) is 10.4. The average molecular weight is 214 g/mol. The van der Waals surface area contributed by atoms with Gasteiger partial charge in [-0.05, 0) is 22.4 Å². The van der Waals surface area contributed by atoms with E-state index in [0.717, 1.165) is 0 Å². The first-order valence-electron chi connectivity index (χ1n) is 5.53. The third-order valence-electron chi connectivity index (χ3n) is 2.60. The summed E-state index contributed by atoms with van der Waals surface area (Å²) in [4.78, 5) is 0. The van der Waals surface area contributed by atoms with E-state index in [1.807, 2.05) is 0 Å². The molecule has 2 aromatic carbocycles. The Kier molecular flexibility index (Phi) is 2.66. The lowest BCUT2D eigenvalue weighted by Gasteiger charge is -2.17. The summed E-state index contributed by atoms with van der Waals surface area (Å²) in [5, 5.41) is 2.80. The lowest BCUT2D eigenvalue weighted by atomic mass is 10.1. The highest BCUT2D eigenvalue weighted by Crippen LogP contribution is 2.21. The van der Waals surface area contributed by atoms with Crippen LogP contribution < -0.4 is 0 Å². The topological polar surface area (TPSA) is 0 Å². The lowest BCUT2D eigenvalue weighted by molar-refractivity contribution is 1.34. The fourth-order valence-electron chi connectivity index (χ4n) is 2.02. The summed E-state index contributed by atoms with van der Waals surface area (Å²) < 4.78 is 0. The zero-order valence-corrected chi connectivity index (χ0v) is 10.7. The molecule has 0 spiro atoms. The van der Waals surface area contributed by atoms with Crippen LogP contribution in [0.2, 0.25) is 19.6 Å². The maximum Gasteiger partial charge on any atom is 0.0487 e. The van der Waals surface area contributed by atoms with Crippen molar-refractivity contribution in [2.45, 2.75) is 25.7 Å². The molecule has 2 rings (SSSR count). The molecule has 78 valence electrons. The Balaban J connectivity index is 2.52. The molecule has 0 fully saturated rings. The largest absolute Gasteiger partial charge is 0.0693 e. The molecule has 0 bridgehead atoms. The van der Waals surface area contributed by atoms with Gasteiger partial charge in [0.2, 0.25) is 0 Å². The summed E-state index contributed by atoms with van der Waals surface area (Å²) in [7, 11) is -1.02. The maximum atomic E-state index is 2.43. The number of fused-ring (bicyclic) bond motifs is 1. The van der Waals surface area contributed by atoms with Crippen LogP contribution in [0.25, 0.3) is 10.8 Å². The normalized spacial score (nSPS) is 11.9. The van der Waals surface area contributed by atoms with Crippen LogP contribution in [0, 0.1) is 0 Å². The molecule has 15 heavy (non-hydrogen) atoms. The Labute approximate surface area is 93.0 Å². The minimum absolute atomic E-state index is 1.02. The van der Waals surface area contributed by atoms with E-state index in [-0.39, 0.29) is 0 Å². The Morgan fingerprint density at radius 2 is 1.53 bits per heavy atom. The fourth-order valence-corrected chi connectivity index (χ4v) is 3.47. The Hall–Kier alpha value is -1.08. The van der Waals surface area contributed by atoms with Crippen LogP contribution in [-0.4, -0.2) is 8.07 Å². The van der Waals surface area contributed by atoms with Crippen molar-refractivity contribution in [1.29, 1.82) is 0 Å². The van der Waals surface area contributed by atoms with Crippen molar-refractivity contribution >= 4 is 18.8 Å². The Bertz CT molecular complexity index is 461. The van der Waals surface area contributed by atoms with E-state index in [4.69, 9.17) is 0 Å². The Morgan fingerprint density at radius 1 is 0.867 bits per heavy atom. The second-order valence-electron chi connectivity index (χ2n) is 5.38. The standard InChI is InChI=1S/C14H18Si/c1-15(2,3)11-13-9-6-8-12-7-4-5-10-14(12)13/h4-10H,11H2,1-3H3. The maximum absolute atomic E-state index is 2.43. The van der Waals surface area contributed by atoms with Crippen molar-refractivity contribution in [3.05, 3.63) is 48.0 Å². The van der Waals surface area contributed by atoms with Gasteiger partial charge in [0.25, 0.3) is 0 Å². The Morgan fingerprint density at radius 3 is 2.27 bits per heavy atom. The molecule has 0 atom stereocenters. The lowest BCUT2D eigenvalue weighted by Crippen LogP contribution is -2.23. The smallest absolute Gasteiger partial charge is 0.0487 e. The summed E-state index contributed by atoms with van der Waals surface area (Å²) in [6, 6.07) is 16.6. The van der Waals surface area contributed by atoms with Crippen molar-refractivity contribution in [2.24, 2.45) is 0 Å². The van der Waals surface area contributed by atoms with Gasteiger partial charge in [0.1, 0.15) is 0 Å². The molecule has 0 unspecified atom stereocenters. The second-order valence-corrected chi connectivity index (χ2v) is 10.9. The molecule has 0 aliphatic carbocycles. The summed E-state index contributed by atoms with van der Waals surface area (Å²) in [5.74, 6) is 0. The van der Waals surface area contributed by atoms with Crippen molar-refractivity contribution in [3.8, 4) is 0 Å². The fraction of sp³-hybridized carbons (Fsp3) is 0.286. The first-order valence-corrected chi connectivity index (χ1v) is 9.24. The van der Waals surface area contributed by atoms with Gasteiger partial charge in [-0.1, -0.05) is 62.1 Å². The van der Waals surface area contributed by atoms with Crippen LogP contribution in [0.1, 0.15) is 5.56 Å². The summed E-state index contributed by atoms with van der Waals surface area (Å²) >= 11 is 0. The third kappa shape index (κ3) is 2.48. The molecule has 0 saturated carbocycles. The van der Waals surface area contributed by atoms with Gasteiger partial charge in [-0.25, -0.2) is 0 Å². The van der Waals surface area contributed by atoms with Crippen LogP contribution in [0.15, 0.2) is 42.5 Å². The quantitative estimate of drug-likeness (QED) is 0.655. The second kappa shape index (κ2) is 3.82. The molecule has 0 saturated heterocycles. The molecule has 0 aliphatic rings. The van der Waals surface area contributed by atoms with E-state index < -0.39 is 8.07 Å². The highest BCUT2D eigenvalue weighted by atomic mass is 28.3. The molecule has 1 heteroatoms. The van der Waals surface area contributed by atoms with Gasteiger partial charge in [-0.15, -0.1) is 0 Å². The predicted octanol–water partition coefficient (Wildman–Crippen LogP) is 4.26. The number of benzene rings is 2. The summed E-state index contributed by atoms with van der Waals surface area (Å²) in [6.45, 7) is 7.28. The van der Waals surface area contributed by atoms with Crippen LogP contribution in [0.4, 0.5) is 0 Å². The number of hydrogen-bond acceptors (Lipinski definition) is 0. The van der Waals surface area contributed by atoms with Crippen LogP contribution >= 0.6 is 0 Å². The van der Waals surface area contributed by atoms with Crippen molar-refractivity contribution in [2.75, 3.05) is 0 Å². The molecule has 0 aromatic heterocycles. The van der Waals surface area contributed by atoms with Crippen molar-refractivity contribution in [1.82, 2.24) is 0 Å². The number of rotatable bonds is 2. The van der Waals surface area contributed by atoms with E-state index >= 15 is 0 Å². The average Bonchev–Trinajstić information content (AvgIpc) is 2.16. The van der Waals surface area contributed by atoms with E-state index in [2.05, 4.69) is 62.1 Å². The molecule has 2 aromatic rings. The van der Waals surface area contributed by atoms with Gasteiger partial charge < -0.3 is 0 Å². The van der Waals surface area contributed by atoms with Crippen molar-refractivity contribution in [3.63, 3.8) is 0 Å². The summed E-state index contributed by atoms with van der Waals surface area (Å²) in [6.07, 6.45) is 0. The molecule has 0 radical (unpaired) electrons. The molecule has 0 heterocycles. The number of hydrogen-bond donors (Lipinski definition) is 0. The molecule has 0 nitrogen and oxygen atoms in total. The molecular formula is C14H18Si. The van der Waals surface area contributed by atoms with Crippen LogP contribution in [0.5, 0.6) is 0 Å². The molecular weight excluding hydrogens is 196 g/mol.